The van der Waals surface area contributed by atoms with Crippen molar-refractivity contribution in [2.45, 2.75) is 77.6 Å². The van der Waals surface area contributed by atoms with E-state index < -0.39 is 17.3 Å². The van der Waals surface area contributed by atoms with E-state index in [4.69, 9.17) is 25.4 Å². The van der Waals surface area contributed by atoms with Gasteiger partial charge in [-0.25, -0.2) is 23.5 Å². The Bertz CT molecular complexity index is 3470. The number of hydrogen-bond acceptors (Lipinski definition) is 13. The van der Waals surface area contributed by atoms with Crippen LogP contribution in [-0.4, -0.2) is 90.9 Å². The Hall–Kier alpha value is -8.70. The predicted molar refractivity (Wildman–Crippen MR) is 294 cm³/mol. The van der Waals surface area contributed by atoms with Gasteiger partial charge in [-0.1, -0.05) is 0 Å². The van der Waals surface area contributed by atoms with Gasteiger partial charge in [0.05, 0.1) is 29.1 Å². The Morgan fingerprint density at radius 3 is 1.55 bits per heavy atom. The molecule has 2 aliphatic heterocycles. The van der Waals surface area contributed by atoms with E-state index >= 15 is 0 Å². The normalized spacial score (nSPS) is 17.1. The van der Waals surface area contributed by atoms with Crippen LogP contribution in [0.1, 0.15) is 94.0 Å². The highest BCUT2D eigenvalue weighted by molar-refractivity contribution is 5.96. The summed E-state index contributed by atoms with van der Waals surface area (Å²) in [6, 6.07) is 25.5. The number of amides is 1. The third-order valence-electron chi connectivity index (χ3n) is 13.1. The number of anilines is 2. The average Bonchev–Trinajstić information content (AvgIpc) is 4.26. The maximum atomic E-state index is 14.1. The second-order valence-corrected chi connectivity index (χ2v) is 19.9. The molecule has 0 spiro atoms. The van der Waals surface area contributed by atoms with E-state index in [1.807, 2.05) is 50.2 Å². The average molecular weight is 1040 g/mol. The van der Waals surface area contributed by atoms with E-state index in [9.17, 15) is 28.0 Å². The van der Waals surface area contributed by atoms with Crippen LogP contribution in [-0.2, 0) is 22.4 Å². The van der Waals surface area contributed by atoms with Crippen LogP contribution in [0.4, 0.5) is 20.4 Å². The van der Waals surface area contributed by atoms with Gasteiger partial charge in [-0.15, -0.1) is 0 Å². The summed E-state index contributed by atoms with van der Waals surface area (Å²) in [5.74, 6) is 1.09. The van der Waals surface area contributed by atoms with Gasteiger partial charge in [0.25, 0.3) is 5.91 Å². The fourth-order valence-electron chi connectivity index (χ4n) is 8.82. The zero-order valence-corrected chi connectivity index (χ0v) is 43.3. The van der Waals surface area contributed by atoms with Crippen LogP contribution in [0.3, 0.4) is 0 Å². The number of carboxylic acid groups (broad SMARTS) is 1. The standard InChI is InChI=1S/C30H29FN4O3.C25H21N3O4.C5H10FN/c1-19-13-22(26-9-5-21(17-33-26)29(37)35-12-11-30(2,31)18-35)14-23-15-25(38-28(19)23)8-7-24(36)6-3-20-4-10-27(32)34-16-20;1-15-10-18(22-8-4-17(14-27-22)25(30)31)11-19-12-21(32-24(15)19)7-6-20(29)5-2-16-3-9-23(26)28-13-16;1-5(6)2-3-7-4-5/h3-6,9-10,13-17H,7-8,11-12,18H2,1-2H3,(H2,32,34);2-5,8-14H,6-7H2,1H3,(H2,26,28)(H,30,31);7H,2-4H2,1H3/b6-3+;5-2+;. The number of aromatic nitrogens is 4. The van der Waals surface area contributed by atoms with E-state index in [1.54, 1.807) is 86.2 Å². The lowest BCUT2D eigenvalue weighted by Gasteiger charge is -2.17. The number of allylic oxidation sites excluding steroid dienone is 2. The number of nitrogens with one attached hydrogen (secondary N) is 1. The van der Waals surface area contributed by atoms with Crippen molar-refractivity contribution in [2.75, 3.05) is 37.6 Å². The van der Waals surface area contributed by atoms with E-state index in [1.165, 1.54) is 30.2 Å². The number of halogens is 2. The summed E-state index contributed by atoms with van der Waals surface area (Å²) in [6.45, 7) is 8.96. The summed E-state index contributed by atoms with van der Waals surface area (Å²) in [5.41, 5.74) is 17.7. The van der Waals surface area contributed by atoms with Crippen LogP contribution < -0.4 is 16.8 Å². The maximum Gasteiger partial charge on any atom is 0.337 e. The van der Waals surface area contributed by atoms with E-state index in [2.05, 4.69) is 25.3 Å². The SMILES string of the molecule is CC1(F)CCNC1.Cc1cc(-c2ccc(C(=O)N3CCC(C)(F)C3)cn2)cc2cc(CCC(=O)/C=C/c3ccc(N)nc3)oc12.Cc1cc(-c2ccc(C(=O)O)cn2)cc2cc(CCC(=O)/C=C/c3ccc(N)nc3)oc12. The van der Waals surface area contributed by atoms with Crippen molar-refractivity contribution in [1.82, 2.24) is 30.2 Å². The van der Waals surface area contributed by atoms with Crippen molar-refractivity contribution in [1.29, 1.82) is 0 Å². The highest BCUT2D eigenvalue weighted by Gasteiger charge is 2.36. The highest BCUT2D eigenvalue weighted by atomic mass is 19.1. The minimum atomic E-state index is -1.33. The molecular formula is C60H60F2N8O7. The first-order chi connectivity index (χ1) is 36.8. The number of carbonyl (C=O) groups excluding carboxylic acids is 3. The Labute approximate surface area is 444 Å². The summed E-state index contributed by atoms with van der Waals surface area (Å²) in [4.78, 5) is 66.6. The van der Waals surface area contributed by atoms with Gasteiger partial charge in [0, 0.05) is 91.9 Å². The molecule has 0 radical (unpaired) electrons. The molecule has 2 aromatic carbocycles. The summed E-state index contributed by atoms with van der Waals surface area (Å²) in [7, 11) is 0. The van der Waals surface area contributed by atoms with Crippen molar-refractivity contribution in [3.63, 3.8) is 0 Å². The molecule has 2 fully saturated rings. The van der Waals surface area contributed by atoms with Crippen LogP contribution in [0.25, 0.3) is 56.6 Å². The molecule has 2 atom stereocenters. The number of rotatable bonds is 14. The van der Waals surface area contributed by atoms with Gasteiger partial charge in [-0.3, -0.25) is 24.4 Å². The van der Waals surface area contributed by atoms with Gasteiger partial charge >= 0.3 is 5.97 Å². The fourth-order valence-corrected chi connectivity index (χ4v) is 8.82. The molecule has 17 heteroatoms. The number of aryl methyl sites for hydroxylation is 4. The van der Waals surface area contributed by atoms with Crippen LogP contribution in [0, 0.1) is 13.8 Å². The molecule has 2 aliphatic rings. The number of nitrogen functional groups attached to an aromatic ring is 2. The second-order valence-electron chi connectivity index (χ2n) is 19.9. The van der Waals surface area contributed by atoms with Crippen molar-refractivity contribution < 1.29 is 41.9 Å². The number of benzene rings is 2. The topological polar surface area (TPSA) is 234 Å². The van der Waals surface area contributed by atoms with Crippen LogP contribution in [0.2, 0.25) is 0 Å². The lowest BCUT2D eigenvalue weighted by Crippen LogP contribution is -2.31. The van der Waals surface area contributed by atoms with E-state index in [-0.39, 0.29) is 29.6 Å². The summed E-state index contributed by atoms with van der Waals surface area (Å²) < 4.78 is 38.7. The van der Waals surface area contributed by atoms with Crippen LogP contribution in [0.5, 0.6) is 0 Å². The van der Waals surface area contributed by atoms with Crippen molar-refractivity contribution in [3.05, 3.63) is 167 Å². The first-order valence-corrected chi connectivity index (χ1v) is 25.2. The van der Waals surface area contributed by atoms with Crippen LogP contribution in [0.15, 0.2) is 131 Å². The third kappa shape index (κ3) is 14.8. The zero-order chi connectivity index (χ0) is 54.9. The molecule has 10 rings (SSSR count). The summed E-state index contributed by atoms with van der Waals surface area (Å²) >= 11 is 0. The number of fused-ring (bicyclic) bond motifs is 2. The monoisotopic (exact) mass is 1040 g/mol. The molecule has 1 amide bonds. The summed E-state index contributed by atoms with van der Waals surface area (Å²) in [5, 5.41) is 13.8. The number of likely N-dealkylation sites (tertiary alicyclic amines) is 1. The number of carboxylic acids is 1. The minimum Gasteiger partial charge on any atom is -0.478 e. The fraction of sp³-hybridized carbons (Fsp3) is 0.267. The summed E-state index contributed by atoms with van der Waals surface area (Å²) in [6.07, 6.45) is 15.3. The number of nitrogens with two attached hydrogens (primary N) is 2. The molecule has 2 unspecified atom stereocenters. The maximum absolute atomic E-state index is 14.1. The van der Waals surface area contributed by atoms with E-state index in [0.29, 0.717) is 74.5 Å². The molecular weight excluding hydrogens is 983 g/mol. The number of ketones is 2. The Morgan fingerprint density at radius 1 is 0.662 bits per heavy atom. The van der Waals surface area contributed by atoms with Gasteiger partial charge in [0.1, 0.15) is 45.7 Å². The number of furan rings is 2. The molecule has 396 valence electrons. The third-order valence-corrected chi connectivity index (χ3v) is 13.1. The van der Waals surface area contributed by atoms with Crippen molar-refractivity contribution >= 4 is 69.2 Å². The number of pyridine rings is 4. The van der Waals surface area contributed by atoms with Crippen LogP contribution >= 0.6 is 0 Å². The molecule has 0 bridgehead atoms. The number of aromatic carboxylic acids is 1. The van der Waals surface area contributed by atoms with Gasteiger partial charge in [-0.05, 0) is 172 Å². The molecule has 8 aromatic rings. The lowest BCUT2D eigenvalue weighted by molar-refractivity contribution is -0.115. The minimum absolute atomic E-state index is 0.0106. The molecule has 2 saturated heterocycles. The molecule has 77 heavy (non-hydrogen) atoms. The largest absolute Gasteiger partial charge is 0.478 e. The number of alkyl halides is 2. The number of nitrogens with zero attached hydrogens (tertiary/aromatic N) is 5. The Balaban J connectivity index is 0.000000182. The van der Waals surface area contributed by atoms with Gasteiger partial charge in [0.2, 0.25) is 0 Å². The van der Waals surface area contributed by atoms with E-state index in [0.717, 1.165) is 79.1 Å². The zero-order valence-electron chi connectivity index (χ0n) is 43.3. The number of carbonyl (C=O) groups is 4. The predicted octanol–water partition coefficient (Wildman–Crippen LogP) is 11.0. The molecule has 8 heterocycles. The Morgan fingerprint density at radius 2 is 1.17 bits per heavy atom. The molecule has 6 N–H and O–H groups in total. The van der Waals surface area contributed by atoms with Gasteiger partial charge < -0.3 is 35.6 Å². The smallest absolute Gasteiger partial charge is 0.337 e. The number of hydrogen-bond donors (Lipinski definition) is 4. The van der Waals surface area contributed by atoms with Gasteiger partial charge in [-0.2, -0.15) is 0 Å². The second kappa shape index (κ2) is 23.9. The first kappa shape index (κ1) is 54.6. The molecule has 6 aromatic heterocycles. The lowest BCUT2D eigenvalue weighted by atomic mass is 10.0. The highest BCUT2D eigenvalue weighted by Crippen LogP contribution is 2.32. The molecule has 0 saturated carbocycles. The molecule has 15 nitrogen and oxygen atoms in total. The quantitative estimate of drug-likeness (QED) is 0.0742. The first-order valence-electron chi connectivity index (χ1n) is 25.2. The molecule has 0 aliphatic carbocycles. The Kier molecular flexibility index (Phi) is 16.9. The van der Waals surface area contributed by atoms with Gasteiger partial charge in [0.15, 0.2) is 11.6 Å². The van der Waals surface area contributed by atoms with Crippen molar-refractivity contribution in [2.24, 2.45) is 0 Å². The van der Waals surface area contributed by atoms with Crippen molar-refractivity contribution in [3.8, 4) is 22.5 Å².